The number of aliphatic hydroxyl groups excluding tert-OH is 1. The molecule has 1 aliphatic carbocycles. The second kappa shape index (κ2) is 8.97. The van der Waals surface area contributed by atoms with Crippen molar-refractivity contribution in [1.82, 2.24) is 4.90 Å². The van der Waals surface area contributed by atoms with Crippen LogP contribution in [-0.2, 0) is 0 Å². The Morgan fingerprint density at radius 2 is 1.79 bits per heavy atom. The molecule has 1 aliphatic rings. The van der Waals surface area contributed by atoms with E-state index in [4.69, 9.17) is 0 Å². The van der Waals surface area contributed by atoms with Crippen molar-refractivity contribution < 1.29 is 5.11 Å². The van der Waals surface area contributed by atoms with Gasteiger partial charge in [0.05, 0.1) is 6.10 Å². The summed E-state index contributed by atoms with van der Waals surface area (Å²) in [5, 5.41) is 10.2. The highest BCUT2D eigenvalue weighted by Crippen LogP contribution is 2.32. The molecule has 3 atom stereocenters. The van der Waals surface area contributed by atoms with E-state index >= 15 is 0 Å². The first-order chi connectivity index (χ1) is 9.14. The van der Waals surface area contributed by atoms with E-state index < -0.39 is 0 Å². The summed E-state index contributed by atoms with van der Waals surface area (Å²) in [5.74, 6) is 2.18. The van der Waals surface area contributed by atoms with Gasteiger partial charge in [0.1, 0.15) is 0 Å². The van der Waals surface area contributed by atoms with Gasteiger partial charge in [-0.25, -0.2) is 0 Å². The Balaban J connectivity index is 2.48. The molecule has 0 radical (unpaired) electrons. The van der Waals surface area contributed by atoms with Crippen molar-refractivity contribution in [1.29, 1.82) is 0 Å². The van der Waals surface area contributed by atoms with Crippen LogP contribution in [0.3, 0.4) is 0 Å². The molecule has 1 saturated carbocycles. The lowest BCUT2D eigenvalue weighted by atomic mass is 9.78. The zero-order chi connectivity index (χ0) is 14.3. The summed E-state index contributed by atoms with van der Waals surface area (Å²) >= 11 is 0. The first-order valence-corrected chi connectivity index (χ1v) is 8.54. The third kappa shape index (κ3) is 5.43. The molecule has 0 aromatic carbocycles. The average Bonchev–Trinajstić information content (AvgIpc) is 2.45. The Morgan fingerprint density at radius 3 is 2.32 bits per heavy atom. The third-order valence-corrected chi connectivity index (χ3v) is 5.24. The smallest absolute Gasteiger partial charge is 0.0580 e. The minimum Gasteiger partial charge on any atom is -0.393 e. The largest absolute Gasteiger partial charge is 0.393 e. The molecule has 1 fully saturated rings. The molecule has 114 valence electrons. The maximum absolute atomic E-state index is 10.2. The van der Waals surface area contributed by atoms with Gasteiger partial charge in [0.25, 0.3) is 0 Å². The van der Waals surface area contributed by atoms with Crippen molar-refractivity contribution in [2.75, 3.05) is 19.6 Å². The standard InChI is InChI=1S/C17H35NO/c1-5-14(6-2)12-18(8-4)13-16-11-15(7-3)9-10-17(16)19/h14-17,19H,5-13H2,1-4H3. The molecule has 0 aromatic rings. The van der Waals surface area contributed by atoms with Gasteiger partial charge >= 0.3 is 0 Å². The summed E-state index contributed by atoms with van der Waals surface area (Å²) in [6, 6.07) is 0. The van der Waals surface area contributed by atoms with Crippen LogP contribution < -0.4 is 0 Å². The van der Waals surface area contributed by atoms with Crippen LogP contribution in [0.1, 0.15) is 66.2 Å². The summed E-state index contributed by atoms with van der Waals surface area (Å²) in [4.78, 5) is 2.57. The van der Waals surface area contributed by atoms with Crippen LogP contribution in [0.15, 0.2) is 0 Å². The molecular weight excluding hydrogens is 234 g/mol. The fraction of sp³-hybridized carbons (Fsp3) is 1.00. The van der Waals surface area contributed by atoms with Crippen LogP contribution in [0.4, 0.5) is 0 Å². The highest BCUT2D eigenvalue weighted by Gasteiger charge is 2.29. The summed E-state index contributed by atoms with van der Waals surface area (Å²) in [6.07, 6.45) is 7.26. The van der Waals surface area contributed by atoms with Crippen LogP contribution in [0.2, 0.25) is 0 Å². The fourth-order valence-corrected chi connectivity index (χ4v) is 3.49. The predicted molar refractivity (Wildman–Crippen MR) is 83.3 cm³/mol. The van der Waals surface area contributed by atoms with E-state index in [9.17, 15) is 5.11 Å². The van der Waals surface area contributed by atoms with Crippen LogP contribution in [0, 0.1) is 17.8 Å². The molecule has 0 spiro atoms. The third-order valence-electron chi connectivity index (χ3n) is 5.24. The lowest BCUT2D eigenvalue weighted by Crippen LogP contribution is -2.40. The Hall–Kier alpha value is -0.0800. The van der Waals surface area contributed by atoms with Gasteiger partial charge in [0.2, 0.25) is 0 Å². The highest BCUT2D eigenvalue weighted by atomic mass is 16.3. The molecule has 2 nitrogen and oxygen atoms in total. The van der Waals surface area contributed by atoms with Crippen LogP contribution >= 0.6 is 0 Å². The van der Waals surface area contributed by atoms with Gasteiger partial charge in [-0.05, 0) is 43.6 Å². The summed E-state index contributed by atoms with van der Waals surface area (Å²) in [5.41, 5.74) is 0. The van der Waals surface area contributed by atoms with E-state index in [1.165, 1.54) is 38.6 Å². The quantitative estimate of drug-likeness (QED) is 0.721. The van der Waals surface area contributed by atoms with E-state index in [-0.39, 0.29) is 6.10 Å². The first kappa shape index (κ1) is 17.0. The van der Waals surface area contributed by atoms with Crippen molar-refractivity contribution in [2.24, 2.45) is 17.8 Å². The Morgan fingerprint density at radius 1 is 1.11 bits per heavy atom. The molecule has 1 N–H and O–H groups in total. The van der Waals surface area contributed by atoms with Crippen LogP contribution in [0.5, 0.6) is 0 Å². The normalized spacial score (nSPS) is 28.3. The second-order valence-electron chi connectivity index (χ2n) is 6.45. The van der Waals surface area contributed by atoms with Gasteiger partial charge < -0.3 is 10.0 Å². The van der Waals surface area contributed by atoms with E-state index in [1.807, 2.05) is 0 Å². The predicted octanol–water partition coefficient (Wildman–Crippen LogP) is 3.93. The molecule has 19 heavy (non-hydrogen) atoms. The second-order valence-corrected chi connectivity index (χ2v) is 6.45. The molecule has 0 aromatic heterocycles. The molecule has 0 aliphatic heterocycles. The average molecular weight is 269 g/mol. The SMILES string of the molecule is CCC1CCC(O)C(CN(CC)CC(CC)CC)C1. The van der Waals surface area contributed by atoms with E-state index in [0.29, 0.717) is 5.92 Å². The van der Waals surface area contributed by atoms with Gasteiger partial charge in [-0.1, -0.05) is 47.0 Å². The molecule has 2 heteroatoms. The lowest BCUT2D eigenvalue weighted by molar-refractivity contribution is 0.0247. The number of aliphatic hydroxyl groups is 1. The lowest BCUT2D eigenvalue weighted by Gasteiger charge is -2.37. The molecular formula is C17H35NO. The van der Waals surface area contributed by atoms with E-state index in [1.54, 1.807) is 0 Å². The number of rotatable bonds is 8. The molecule has 0 saturated heterocycles. The molecule has 0 heterocycles. The number of hydrogen-bond donors (Lipinski definition) is 1. The summed E-state index contributed by atoms with van der Waals surface area (Å²) in [6.45, 7) is 12.6. The van der Waals surface area contributed by atoms with Crippen LogP contribution in [0.25, 0.3) is 0 Å². The minimum absolute atomic E-state index is 0.0569. The van der Waals surface area contributed by atoms with Crippen LogP contribution in [-0.4, -0.2) is 35.7 Å². The van der Waals surface area contributed by atoms with Crippen molar-refractivity contribution in [3.05, 3.63) is 0 Å². The van der Waals surface area contributed by atoms with Gasteiger partial charge in [0, 0.05) is 13.1 Å². The maximum Gasteiger partial charge on any atom is 0.0580 e. The van der Waals surface area contributed by atoms with Gasteiger partial charge in [0.15, 0.2) is 0 Å². The zero-order valence-electron chi connectivity index (χ0n) is 13.6. The minimum atomic E-state index is -0.0569. The first-order valence-electron chi connectivity index (χ1n) is 8.54. The van der Waals surface area contributed by atoms with E-state index in [0.717, 1.165) is 31.3 Å². The highest BCUT2D eigenvalue weighted by molar-refractivity contribution is 4.82. The van der Waals surface area contributed by atoms with E-state index in [2.05, 4.69) is 32.6 Å². The molecule has 0 bridgehead atoms. The van der Waals surface area contributed by atoms with Gasteiger partial charge in [-0.15, -0.1) is 0 Å². The van der Waals surface area contributed by atoms with Crippen molar-refractivity contribution in [3.8, 4) is 0 Å². The molecule has 0 amide bonds. The summed E-state index contributed by atoms with van der Waals surface area (Å²) < 4.78 is 0. The van der Waals surface area contributed by atoms with Crippen molar-refractivity contribution in [2.45, 2.75) is 72.3 Å². The monoisotopic (exact) mass is 269 g/mol. The van der Waals surface area contributed by atoms with Gasteiger partial charge in [-0.2, -0.15) is 0 Å². The number of nitrogens with zero attached hydrogens (tertiary/aromatic N) is 1. The number of hydrogen-bond acceptors (Lipinski definition) is 2. The van der Waals surface area contributed by atoms with Crippen molar-refractivity contribution >= 4 is 0 Å². The molecule has 1 rings (SSSR count). The molecule has 3 unspecified atom stereocenters. The van der Waals surface area contributed by atoms with Gasteiger partial charge in [-0.3, -0.25) is 0 Å². The Bertz CT molecular complexity index is 227. The topological polar surface area (TPSA) is 23.5 Å². The Labute approximate surface area is 120 Å². The summed E-state index contributed by atoms with van der Waals surface area (Å²) in [7, 11) is 0. The van der Waals surface area contributed by atoms with Crippen molar-refractivity contribution in [3.63, 3.8) is 0 Å². The Kier molecular flexibility index (Phi) is 8.01. The zero-order valence-corrected chi connectivity index (χ0v) is 13.6. The maximum atomic E-state index is 10.2. The fourth-order valence-electron chi connectivity index (χ4n) is 3.49.